The first-order valence-electron chi connectivity index (χ1n) is 9.57. The van der Waals surface area contributed by atoms with Gasteiger partial charge in [0.25, 0.3) is 0 Å². The summed E-state index contributed by atoms with van der Waals surface area (Å²) in [7, 11) is 0. The maximum Gasteiger partial charge on any atom is 0.310 e. The second-order valence-electron chi connectivity index (χ2n) is 7.59. The summed E-state index contributed by atoms with van der Waals surface area (Å²) in [5, 5.41) is 10.6. The fourth-order valence-electron chi connectivity index (χ4n) is 4.58. The Bertz CT molecular complexity index is 1020. The number of ketones is 2. The van der Waals surface area contributed by atoms with Crippen molar-refractivity contribution in [2.45, 2.75) is 12.8 Å². The van der Waals surface area contributed by atoms with Gasteiger partial charge in [0.05, 0.1) is 5.92 Å². The maximum atomic E-state index is 13.8. The van der Waals surface area contributed by atoms with Crippen LogP contribution in [0.1, 0.15) is 33.6 Å². The van der Waals surface area contributed by atoms with Crippen molar-refractivity contribution in [3.05, 3.63) is 93.5 Å². The minimum absolute atomic E-state index is 0.353. The highest BCUT2D eigenvalue weighted by molar-refractivity contribution is 6.31. The number of rotatable bonds is 5. The van der Waals surface area contributed by atoms with Crippen molar-refractivity contribution in [1.82, 2.24) is 0 Å². The van der Waals surface area contributed by atoms with Crippen LogP contribution in [0.2, 0.25) is 10.0 Å². The van der Waals surface area contributed by atoms with Gasteiger partial charge in [0.1, 0.15) is 5.41 Å². The summed E-state index contributed by atoms with van der Waals surface area (Å²) >= 11 is 11.9. The Labute approximate surface area is 183 Å². The number of Topliss-reactive ketones (excluding diaryl/α,β-unsaturated/α-hetero) is 2. The largest absolute Gasteiger partial charge is 0.481 e. The molecule has 0 aromatic heterocycles. The summed E-state index contributed by atoms with van der Waals surface area (Å²) < 4.78 is 0. The SMILES string of the molecule is O=C(O)C1CCC2C1=CC=CC2(C(=O)c1ccc(Cl)cc1)C(=O)c1ccc(Cl)cc1. The molecule has 0 radical (unpaired) electrons. The number of halogens is 2. The van der Waals surface area contributed by atoms with Crippen molar-refractivity contribution < 1.29 is 19.5 Å². The molecule has 2 atom stereocenters. The zero-order chi connectivity index (χ0) is 21.5. The van der Waals surface area contributed by atoms with Crippen molar-refractivity contribution in [1.29, 1.82) is 0 Å². The molecule has 1 N–H and O–H groups in total. The zero-order valence-electron chi connectivity index (χ0n) is 15.8. The molecule has 0 aliphatic heterocycles. The van der Waals surface area contributed by atoms with Crippen molar-refractivity contribution >= 4 is 40.7 Å². The van der Waals surface area contributed by atoms with Gasteiger partial charge in [-0.05, 0) is 61.4 Å². The number of carbonyl (C=O) groups is 3. The van der Waals surface area contributed by atoms with Gasteiger partial charge in [-0.15, -0.1) is 0 Å². The highest BCUT2D eigenvalue weighted by atomic mass is 35.5. The third-order valence-electron chi connectivity index (χ3n) is 6.01. The number of benzene rings is 2. The number of hydrogen-bond donors (Lipinski definition) is 1. The van der Waals surface area contributed by atoms with Crippen molar-refractivity contribution in [2.75, 3.05) is 0 Å². The predicted molar refractivity (Wildman–Crippen MR) is 115 cm³/mol. The normalized spacial score (nSPS) is 21.6. The van der Waals surface area contributed by atoms with Crippen LogP contribution in [0.4, 0.5) is 0 Å². The number of allylic oxidation sites excluding steroid dienone is 3. The lowest BCUT2D eigenvalue weighted by Gasteiger charge is -2.37. The number of carbonyl (C=O) groups excluding carboxylic acids is 2. The zero-order valence-corrected chi connectivity index (χ0v) is 17.4. The minimum Gasteiger partial charge on any atom is -0.481 e. The van der Waals surface area contributed by atoms with Crippen LogP contribution in [0.5, 0.6) is 0 Å². The van der Waals surface area contributed by atoms with Gasteiger partial charge in [-0.3, -0.25) is 14.4 Å². The topological polar surface area (TPSA) is 71.4 Å². The first-order valence-corrected chi connectivity index (χ1v) is 10.3. The average Bonchev–Trinajstić information content (AvgIpc) is 3.19. The lowest BCUT2D eigenvalue weighted by molar-refractivity contribution is -0.140. The molecule has 2 aliphatic carbocycles. The Morgan fingerprint density at radius 3 is 1.80 bits per heavy atom. The van der Waals surface area contributed by atoms with E-state index in [9.17, 15) is 19.5 Å². The van der Waals surface area contributed by atoms with Crippen molar-refractivity contribution in [3.63, 3.8) is 0 Å². The van der Waals surface area contributed by atoms with Gasteiger partial charge in [-0.25, -0.2) is 0 Å². The minimum atomic E-state index is -1.52. The van der Waals surface area contributed by atoms with E-state index in [1.165, 1.54) is 0 Å². The summed E-state index contributed by atoms with van der Waals surface area (Å²) in [6, 6.07) is 12.8. The van der Waals surface area contributed by atoms with E-state index >= 15 is 0 Å². The second-order valence-corrected chi connectivity index (χ2v) is 8.46. The highest BCUT2D eigenvalue weighted by Gasteiger charge is 2.56. The molecule has 2 aromatic carbocycles. The third kappa shape index (κ3) is 3.30. The van der Waals surface area contributed by atoms with E-state index in [0.717, 1.165) is 0 Å². The van der Waals surface area contributed by atoms with E-state index in [1.54, 1.807) is 66.8 Å². The lowest BCUT2D eigenvalue weighted by atomic mass is 9.62. The van der Waals surface area contributed by atoms with Crippen LogP contribution in [0.3, 0.4) is 0 Å². The van der Waals surface area contributed by atoms with Gasteiger partial charge in [0.2, 0.25) is 0 Å². The Kier molecular flexibility index (Phi) is 5.39. The summed E-state index contributed by atoms with van der Waals surface area (Å²) in [5.74, 6) is -2.88. The monoisotopic (exact) mass is 440 g/mol. The molecule has 2 unspecified atom stereocenters. The molecular formula is C24H18Cl2O4. The first kappa shape index (κ1) is 20.6. The molecule has 4 rings (SSSR count). The van der Waals surface area contributed by atoms with Crippen molar-refractivity contribution in [3.8, 4) is 0 Å². The molecule has 1 fully saturated rings. The molecule has 1 saturated carbocycles. The number of carboxylic acids is 1. The Morgan fingerprint density at radius 1 is 0.833 bits per heavy atom. The molecule has 0 saturated heterocycles. The molecule has 6 heteroatoms. The van der Waals surface area contributed by atoms with E-state index in [-0.39, 0.29) is 11.6 Å². The standard InChI is InChI=1S/C24H18Cl2O4/c25-16-7-3-14(4-8-16)21(27)24(22(28)15-5-9-17(26)10-6-15)13-1-2-18-19(23(29)30)11-12-20(18)24/h1-10,13,19-20H,11-12H2,(H,29,30). The summed E-state index contributed by atoms with van der Waals surface area (Å²) in [6.45, 7) is 0. The van der Waals surface area contributed by atoms with Gasteiger partial charge in [0.15, 0.2) is 11.6 Å². The second kappa shape index (κ2) is 7.86. The molecule has 0 amide bonds. The van der Waals surface area contributed by atoms with Gasteiger partial charge in [-0.2, -0.15) is 0 Å². The molecule has 0 bridgehead atoms. The highest BCUT2D eigenvalue weighted by Crippen LogP contribution is 2.52. The summed E-state index contributed by atoms with van der Waals surface area (Å²) in [4.78, 5) is 39.4. The Morgan fingerprint density at radius 2 is 1.33 bits per heavy atom. The van der Waals surface area contributed by atoms with E-state index in [0.29, 0.717) is 39.6 Å². The molecule has 0 spiro atoms. The van der Waals surface area contributed by atoms with Gasteiger partial charge < -0.3 is 5.11 Å². The predicted octanol–water partition coefficient (Wildman–Crippen LogP) is 5.65. The van der Waals surface area contributed by atoms with Gasteiger partial charge in [-0.1, -0.05) is 47.0 Å². The van der Waals surface area contributed by atoms with Crippen LogP contribution in [0.25, 0.3) is 0 Å². The molecular weight excluding hydrogens is 423 g/mol. The third-order valence-corrected chi connectivity index (χ3v) is 6.51. The summed E-state index contributed by atoms with van der Waals surface area (Å²) in [6.07, 6.45) is 5.82. The molecule has 2 aliphatic rings. The van der Waals surface area contributed by atoms with Gasteiger partial charge in [0, 0.05) is 27.1 Å². The number of carboxylic acid groups (broad SMARTS) is 1. The van der Waals surface area contributed by atoms with E-state index < -0.39 is 23.2 Å². The fraction of sp³-hybridized carbons (Fsp3) is 0.208. The van der Waals surface area contributed by atoms with Crippen molar-refractivity contribution in [2.24, 2.45) is 17.3 Å². The van der Waals surface area contributed by atoms with E-state index in [4.69, 9.17) is 23.2 Å². The Balaban J connectivity index is 1.87. The van der Waals surface area contributed by atoms with Crippen LogP contribution < -0.4 is 0 Å². The van der Waals surface area contributed by atoms with Gasteiger partial charge >= 0.3 is 5.97 Å². The molecule has 2 aromatic rings. The fourth-order valence-corrected chi connectivity index (χ4v) is 4.83. The first-order chi connectivity index (χ1) is 14.3. The Hall–Kier alpha value is -2.69. The lowest BCUT2D eigenvalue weighted by Crippen LogP contribution is -2.45. The molecule has 152 valence electrons. The van der Waals surface area contributed by atoms with E-state index in [1.807, 2.05) is 0 Å². The van der Waals surface area contributed by atoms with E-state index in [2.05, 4.69) is 0 Å². The number of hydrogen-bond acceptors (Lipinski definition) is 3. The maximum absolute atomic E-state index is 13.8. The molecule has 30 heavy (non-hydrogen) atoms. The van der Waals surface area contributed by atoms with Crippen LogP contribution in [0, 0.1) is 17.3 Å². The van der Waals surface area contributed by atoms with Crippen LogP contribution in [0.15, 0.2) is 72.3 Å². The van der Waals surface area contributed by atoms with Crippen LogP contribution in [-0.2, 0) is 4.79 Å². The average molecular weight is 441 g/mol. The van der Waals surface area contributed by atoms with Crippen LogP contribution >= 0.6 is 23.2 Å². The smallest absolute Gasteiger partial charge is 0.310 e. The summed E-state index contributed by atoms with van der Waals surface area (Å²) in [5.41, 5.74) is -0.192. The quantitative estimate of drug-likeness (QED) is 0.481. The molecule has 0 heterocycles. The van der Waals surface area contributed by atoms with Crippen LogP contribution in [-0.4, -0.2) is 22.6 Å². The number of fused-ring (bicyclic) bond motifs is 1. The molecule has 4 nitrogen and oxygen atoms in total. The number of aliphatic carboxylic acids is 1.